The first-order valence-electron chi connectivity index (χ1n) is 6.41. The smallest absolute Gasteiger partial charge is 0.237 e. The third kappa shape index (κ3) is 3.91. The Morgan fingerprint density at radius 2 is 2.29 bits per heavy atom. The van der Waals surface area contributed by atoms with Gasteiger partial charge < -0.3 is 9.47 Å². The van der Waals surface area contributed by atoms with Gasteiger partial charge in [0.1, 0.15) is 30.2 Å². The van der Waals surface area contributed by atoms with E-state index in [1.165, 1.54) is 12.1 Å². The fourth-order valence-electron chi connectivity index (χ4n) is 1.88. The SMILES string of the molecule is N#CC(C#N)=NNc1c(F)cccc1OCC1CCCO1. The van der Waals surface area contributed by atoms with Crippen molar-refractivity contribution < 1.29 is 13.9 Å². The second kappa shape index (κ2) is 7.22. The molecular weight excluding hydrogens is 275 g/mol. The molecule has 0 aromatic heterocycles. The van der Waals surface area contributed by atoms with Crippen LogP contribution in [0.2, 0.25) is 0 Å². The molecule has 1 N–H and O–H groups in total. The summed E-state index contributed by atoms with van der Waals surface area (Å²) in [5.74, 6) is -0.330. The van der Waals surface area contributed by atoms with Crippen LogP contribution in [0, 0.1) is 28.5 Å². The van der Waals surface area contributed by atoms with E-state index in [4.69, 9.17) is 20.0 Å². The zero-order valence-corrected chi connectivity index (χ0v) is 11.2. The number of para-hydroxylation sites is 1. The number of anilines is 1. The van der Waals surface area contributed by atoms with Crippen LogP contribution in [-0.4, -0.2) is 25.0 Å². The zero-order chi connectivity index (χ0) is 15.1. The lowest BCUT2D eigenvalue weighted by atomic mass is 10.2. The monoisotopic (exact) mass is 288 g/mol. The average Bonchev–Trinajstić information content (AvgIpc) is 3.01. The Bertz CT molecular complexity index is 596. The second-order valence-electron chi connectivity index (χ2n) is 4.35. The topological polar surface area (TPSA) is 90.4 Å². The number of rotatable bonds is 5. The molecule has 7 heteroatoms. The van der Waals surface area contributed by atoms with E-state index >= 15 is 0 Å². The van der Waals surface area contributed by atoms with Crippen LogP contribution in [0.4, 0.5) is 10.1 Å². The van der Waals surface area contributed by atoms with E-state index < -0.39 is 11.5 Å². The van der Waals surface area contributed by atoms with Gasteiger partial charge in [-0.15, -0.1) is 0 Å². The number of nitrogens with zero attached hydrogens (tertiary/aromatic N) is 3. The van der Waals surface area contributed by atoms with E-state index in [0.29, 0.717) is 13.2 Å². The van der Waals surface area contributed by atoms with E-state index in [1.807, 2.05) is 0 Å². The van der Waals surface area contributed by atoms with Crippen LogP contribution in [0.1, 0.15) is 12.8 Å². The quantitative estimate of drug-likeness (QED) is 0.662. The predicted octanol–water partition coefficient (Wildman–Crippen LogP) is 2.20. The first-order valence-corrected chi connectivity index (χ1v) is 6.41. The van der Waals surface area contributed by atoms with Crippen LogP contribution in [0.25, 0.3) is 0 Å². The van der Waals surface area contributed by atoms with Crippen molar-refractivity contribution in [2.45, 2.75) is 18.9 Å². The number of ether oxygens (including phenoxy) is 2. The summed E-state index contributed by atoms with van der Waals surface area (Å²) >= 11 is 0. The number of hydrogen-bond donors (Lipinski definition) is 1. The molecule has 1 aromatic carbocycles. The maximum atomic E-state index is 13.8. The molecule has 0 spiro atoms. The molecule has 0 bridgehead atoms. The molecule has 21 heavy (non-hydrogen) atoms. The van der Waals surface area contributed by atoms with Crippen molar-refractivity contribution in [2.75, 3.05) is 18.6 Å². The minimum absolute atomic E-state index is 0.00148. The van der Waals surface area contributed by atoms with Gasteiger partial charge in [0.25, 0.3) is 0 Å². The van der Waals surface area contributed by atoms with Gasteiger partial charge in [-0.2, -0.15) is 15.6 Å². The lowest BCUT2D eigenvalue weighted by molar-refractivity contribution is 0.0681. The Labute approximate surface area is 121 Å². The highest BCUT2D eigenvalue weighted by Crippen LogP contribution is 2.28. The van der Waals surface area contributed by atoms with Gasteiger partial charge in [-0.1, -0.05) is 6.07 Å². The zero-order valence-electron chi connectivity index (χ0n) is 11.2. The first kappa shape index (κ1) is 14.8. The summed E-state index contributed by atoms with van der Waals surface area (Å²) in [6.45, 7) is 1.02. The molecule has 108 valence electrons. The maximum absolute atomic E-state index is 13.8. The third-order valence-electron chi connectivity index (χ3n) is 2.92. The Morgan fingerprint density at radius 1 is 1.48 bits per heavy atom. The largest absolute Gasteiger partial charge is 0.489 e. The Kier molecular flexibility index (Phi) is 5.08. The van der Waals surface area contributed by atoms with E-state index in [9.17, 15) is 4.39 Å². The minimum Gasteiger partial charge on any atom is -0.489 e. The molecular formula is C14H13FN4O2. The number of hydrazone groups is 1. The molecule has 1 aliphatic heterocycles. The van der Waals surface area contributed by atoms with Gasteiger partial charge in [-0.3, -0.25) is 5.43 Å². The van der Waals surface area contributed by atoms with Crippen molar-refractivity contribution in [3.8, 4) is 17.9 Å². The van der Waals surface area contributed by atoms with Gasteiger partial charge in [0.2, 0.25) is 5.71 Å². The Balaban J connectivity index is 2.10. The van der Waals surface area contributed by atoms with Crippen LogP contribution in [-0.2, 0) is 4.74 Å². The van der Waals surface area contributed by atoms with Crippen molar-refractivity contribution in [1.29, 1.82) is 10.5 Å². The number of nitriles is 2. The van der Waals surface area contributed by atoms with E-state index in [-0.39, 0.29) is 17.5 Å². The van der Waals surface area contributed by atoms with Gasteiger partial charge >= 0.3 is 0 Å². The molecule has 0 saturated carbocycles. The van der Waals surface area contributed by atoms with Gasteiger partial charge in [0.15, 0.2) is 5.82 Å². The molecule has 0 aliphatic carbocycles. The highest BCUT2D eigenvalue weighted by Gasteiger charge is 2.17. The summed E-state index contributed by atoms with van der Waals surface area (Å²) in [5, 5.41) is 20.7. The van der Waals surface area contributed by atoms with Gasteiger partial charge in [0, 0.05) is 6.61 Å². The predicted molar refractivity (Wildman–Crippen MR) is 73.2 cm³/mol. The van der Waals surface area contributed by atoms with Gasteiger partial charge in [-0.25, -0.2) is 4.39 Å². The van der Waals surface area contributed by atoms with Crippen LogP contribution in [0.15, 0.2) is 23.3 Å². The molecule has 1 aliphatic rings. The fraction of sp³-hybridized carbons (Fsp3) is 0.357. The van der Waals surface area contributed by atoms with E-state index in [0.717, 1.165) is 12.8 Å². The summed E-state index contributed by atoms with van der Waals surface area (Å²) in [5.41, 5.74) is 1.95. The number of halogens is 1. The van der Waals surface area contributed by atoms with Crippen LogP contribution >= 0.6 is 0 Å². The molecule has 1 saturated heterocycles. The van der Waals surface area contributed by atoms with Gasteiger partial charge in [-0.05, 0) is 25.0 Å². The summed E-state index contributed by atoms with van der Waals surface area (Å²) < 4.78 is 24.8. The average molecular weight is 288 g/mol. The standard InChI is InChI=1S/C14H13FN4O2/c15-12-4-1-5-13(21-9-11-3-2-6-20-11)14(12)19-18-10(7-16)8-17/h1,4-5,11,19H,2-3,6,9H2. The van der Waals surface area contributed by atoms with Crippen LogP contribution in [0.5, 0.6) is 5.75 Å². The van der Waals surface area contributed by atoms with Crippen molar-refractivity contribution in [3.63, 3.8) is 0 Å². The van der Waals surface area contributed by atoms with E-state index in [2.05, 4.69) is 10.5 Å². The highest BCUT2D eigenvalue weighted by atomic mass is 19.1. The lowest BCUT2D eigenvalue weighted by Gasteiger charge is -2.14. The van der Waals surface area contributed by atoms with Gasteiger partial charge in [0.05, 0.1) is 6.10 Å². The van der Waals surface area contributed by atoms with Crippen molar-refractivity contribution in [3.05, 3.63) is 24.0 Å². The van der Waals surface area contributed by atoms with Crippen molar-refractivity contribution in [2.24, 2.45) is 5.10 Å². The number of benzene rings is 1. The summed E-state index contributed by atoms with van der Waals surface area (Å²) in [6, 6.07) is 7.48. The molecule has 1 unspecified atom stereocenters. The van der Waals surface area contributed by atoms with Crippen molar-refractivity contribution in [1.82, 2.24) is 0 Å². The molecule has 1 fully saturated rings. The molecule has 0 amide bonds. The molecule has 0 radical (unpaired) electrons. The molecule has 6 nitrogen and oxygen atoms in total. The number of nitrogens with one attached hydrogen (secondary N) is 1. The molecule has 2 rings (SSSR count). The van der Waals surface area contributed by atoms with Crippen LogP contribution in [0.3, 0.4) is 0 Å². The molecule has 1 heterocycles. The Hall–Kier alpha value is -2.64. The molecule has 1 atom stereocenters. The van der Waals surface area contributed by atoms with E-state index in [1.54, 1.807) is 18.2 Å². The summed E-state index contributed by atoms with van der Waals surface area (Å²) in [6.07, 6.45) is 1.89. The summed E-state index contributed by atoms with van der Waals surface area (Å²) in [7, 11) is 0. The fourth-order valence-corrected chi connectivity index (χ4v) is 1.88. The Morgan fingerprint density at radius 3 is 2.95 bits per heavy atom. The normalized spacial score (nSPS) is 16.6. The second-order valence-corrected chi connectivity index (χ2v) is 4.35. The van der Waals surface area contributed by atoms with Crippen molar-refractivity contribution >= 4 is 11.4 Å². The first-order chi connectivity index (χ1) is 10.2. The third-order valence-corrected chi connectivity index (χ3v) is 2.92. The highest BCUT2D eigenvalue weighted by molar-refractivity contribution is 6.10. The maximum Gasteiger partial charge on any atom is 0.237 e. The lowest BCUT2D eigenvalue weighted by Crippen LogP contribution is -2.17. The molecule has 1 aromatic rings. The van der Waals surface area contributed by atoms with Crippen LogP contribution < -0.4 is 10.2 Å². The summed E-state index contributed by atoms with van der Waals surface area (Å²) in [4.78, 5) is 0. The number of hydrogen-bond acceptors (Lipinski definition) is 6. The minimum atomic E-state index is -0.584.